The molecule has 1 aromatic heterocycles. The fourth-order valence-corrected chi connectivity index (χ4v) is 3.47. The molecule has 5 heteroatoms. The number of benzene rings is 1. The largest absolute Gasteiger partial charge is 0.319 e. The van der Waals surface area contributed by atoms with Crippen molar-refractivity contribution in [3.05, 3.63) is 50.2 Å². The van der Waals surface area contributed by atoms with Gasteiger partial charge >= 0.3 is 0 Å². The fourth-order valence-electron chi connectivity index (χ4n) is 2.61. The molecule has 0 spiro atoms. The van der Waals surface area contributed by atoms with Gasteiger partial charge in [0.05, 0.1) is 15.9 Å². The predicted octanol–water partition coefficient (Wildman–Crippen LogP) is 4.28. The third kappa shape index (κ3) is 3.96. The van der Waals surface area contributed by atoms with E-state index >= 15 is 0 Å². The van der Waals surface area contributed by atoms with Gasteiger partial charge in [0, 0.05) is 23.5 Å². The number of hydrogen-bond donors (Lipinski definition) is 1. The first-order valence-corrected chi connectivity index (χ1v) is 8.77. The summed E-state index contributed by atoms with van der Waals surface area (Å²) >= 11 is 7.26. The average Bonchev–Trinajstić information content (AvgIpc) is 2.74. The van der Waals surface area contributed by atoms with Crippen LogP contribution in [0.4, 0.5) is 0 Å². The molecular formula is C16H21Br2N3. The van der Waals surface area contributed by atoms with Crippen LogP contribution in [0.25, 0.3) is 0 Å². The summed E-state index contributed by atoms with van der Waals surface area (Å²) < 4.78 is 4.36. The van der Waals surface area contributed by atoms with E-state index in [0.29, 0.717) is 5.92 Å². The minimum Gasteiger partial charge on any atom is -0.319 e. The van der Waals surface area contributed by atoms with Crippen LogP contribution in [0, 0.1) is 6.92 Å². The van der Waals surface area contributed by atoms with Crippen LogP contribution in [-0.4, -0.2) is 23.4 Å². The molecule has 0 amide bonds. The van der Waals surface area contributed by atoms with E-state index in [1.165, 1.54) is 11.3 Å². The van der Waals surface area contributed by atoms with E-state index in [-0.39, 0.29) is 0 Å². The quantitative estimate of drug-likeness (QED) is 0.764. The first-order chi connectivity index (χ1) is 10.1. The van der Waals surface area contributed by atoms with Crippen LogP contribution in [0.1, 0.15) is 29.8 Å². The minimum absolute atomic E-state index is 0.421. The number of halogens is 2. The van der Waals surface area contributed by atoms with Crippen LogP contribution in [-0.2, 0) is 13.0 Å². The number of hydrogen-bond acceptors (Lipinski definition) is 2. The van der Waals surface area contributed by atoms with Crippen molar-refractivity contribution >= 4 is 31.9 Å². The molecule has 2 rings (SSSR count). The Bertz CT molecular complexity index is 608. The summed E-state index contributed by atoms with van der Waals surface area (Å²) in [5.74, 6) is 0.421. The second kappa shape index (κ2) is 7.56. The normalized spacial score (nSPS) is 12.6. The third-order valence-corrected chi connectivity index (χ3v) is 5.19. The molecule has 0 aliphatic heterocycles. The van der Waals surface area contributed by atoms with Crippen molar-refractivity contribution in [1.29, 1.82) is 0 Å². The zero-order valence-electron chi connectivity index (χ0n) is 12.7. The first kappa shape index (κ1) is 16.7. The van der Waals surface area contributed by atoms with Gasteiger partial charge in [-0.2, -0.15) is 5.10 Å². The Morgan fingerprint density at radius 3 is 2.71 bits per heavy atom. The zero-order valence-corrected chi connectivity index (χ0v) is 15.8. The Morgan fingerprint density at radius 2 is 2.10 bits per heavy atom. The third-order valence-electron chi connectivity index (χ3n) is 3.66. The van der Waals surface area contributed by atoms with Crippen LogP contribution in [0.5, 0.6) is 0 Å². The van der Waals surface area contributed by atoms with Gasteiger partial charge in [0.15, 0.2) is 0 Å². The summed E-state index contributed by atoms with van der Waals surface area (Å²) in [4.78, 5) is 0. The smallest absolute Gasteiger partial charge is 0.0738 e. The number of nitrogens with one attached hydrogen (secondary N) is 1. The lowest BCUT2D eigenvalue weighted by Crippen LogP contribution is -2.20. The second-order valence-electron chi connectivity index (χ2n) is 5.18. The molecule has 21 heavy (non-hydrogen) atoms. The van der Waals surface area contributed by atoms with Crippen LogP contribution < -0.4 is 5.32 Å². The zero-order chi connectivity index (χ0) is 15.4. The molecule has 3 nitrogen and oxygen atoms in total. The standard InChI is InChI=1S/C16H21Br2N3/c1-4-21-15(16(18)11(2)20-21)9-13(10-19-3)12-6-5-7-14(17)8-12/h5-8,13,19H,4,9-10H2,1-3H3. The van der Waals surface area contributed by atoms with Crippen molar-refractivity contribution in [2.45, 2.75) is 32.7 Å². The van der Waals surface area contributed by atoms with Gasteiger partial charge in [-0.15, -0.1) is 0 Å². The molecule has 0 aliphatic rings. The van der Waals surface area contributed by atoms with Crippen LogP contribution in [0.3, 0.4) is 0 Å². The van der Waals surface area contributed by atoms with E-state index in [1.807, 2.05) is 14.0 Å². The van der Waals surface area contributed by atoms with E-state index in [2.05, 4.69) is 78.1 Å². The Hall–Kier alpha value is -0.650. The highest BCUT2D eigenvalue weighted by atomic mass is 79.9. The summed E-state index contributed by atoms with van der Waals surface area (Å²) in [6.07, 6.45) is 0.965. The molecule has 1 unspecified atom stereocenters. The second-order valence-corrected chi connectivity index (χ2v) is 6.88. The lowest BCUT2D eigenvalue weighted by molar-refractivity contribution is 0.562. The molecule has 1 atom stereocenters. The molecule has 0 saturated carbocycles. The van der Waals surface area contributed by atoms with E-state index in [4.69, 9.17) is 0 Å². The molecule has 0 bridgehead atoms. The Kier molecular flexibility index (Phi) is 6.02. The number of aryl methyl sites for hydroxylation is 2. The van der Waals surface area contributed by atoms with Gasteiger partial charge in [0.2, 0.25) is 0 Å². The Morgan fingerprint density at radius 1 is 1.33 bits per heavy atom. The van der Waals surface area contributed by atoms with E-state index in [1.54, 1.807) is 0 Å². The van der Waals surface area contributed by atoms with Crippen molar-refractivity contribution in [3.63, 3.8) is 0 Å². The SMILES string of the molecule is CCn1nc(C)c(Br)c1CC(CNC)c1cccc(Br)c1. The van der Waals surface area contributed by atoms with Crippen LogP contribution >= 0.6 is 31.9 Å². The average molecular weight is 415 g/mol. The van der Waals surface area contributed by atoms with Crippen LogP contribution in [0.15, 0.2) is 33.2 Å². The highest BCUT2D eigenvalue weighted by Gasteiger charge is 2.19. The molecule has 114 valence electrons. The van der Waals surface area contributed by atoms with Crippen molar-refractivity contribution < 1.29 is 0 Å². The summed E-state index contributed by atoms with van der Waals surface area (Å²) in [5.41, 5.74) is 3.67. The molecule has 0 saturated heterocycles. The Balaban J connectivity index is 2.32. The van der Waals surface area contributed by atoms with Gasteiger partial charge in [-0.25, -0.2) is 0 Å². The number of aromatic nitrogens is 2. The molecule has 2 aromatic rings. The van der Waals surface area contributed by atoms with Crippen molar-refractivity contribution in [1.82, 2.24) is 15.1 Å². The van der Waals surface area contributed by atoms with Gasteiger partial charge in [-0.3, -0.25) is 4.68 Å². The highest BCUT2D eigenvalue weighted by molar-refractivity contribution is 9.10. The maximum absolute atomic E-state index is 4.59. The van der Waals surface area contributed by atoms with Crippen LogP contribution in [0.2, 0.25) is 0 Å². The number of rotatable bonds is 6. The topological polar surface area (TPSA) is 29.9 Å². The van der Waals surface area contributed by atoms with Crippen molar-refractivity contribution in [2.24, 2.45) is 0 Å². The monoisotopic (exact) mass is 413 g/mol. The lowest BCUT2D eigenvalue weighted by atomic mass is 9.94. The van der Waals surface area contributed by atoms with E-state index < -0.39 is 0 Å². The molecule has 1 N–H and O–H groups in total. The molecule has 1 aromatic carbocycles. The molecule has 0 radical (unpaired) electrons. The van der Waals surface area contributed by atoms with Gasteiger partial charge in [-0.05, 0) is 60.9 Å². The van der Waals surface area contributed by atoms with Gasteiger partial charge in [0.25, 0.3) is 0 Å². The van der Waals surface area contributed by atoms with Crippen molar-refractivity contribution in [3.8, 4) is 0 Å². The lowest BCUT2D eigenvalue weighted by Gasteiger charge is -2.18. The van der Waals surface area contributed by atoms with Gasteiger partial charge in [0.1, 0.15) is 0 Å². The maximum Gasteiger partial charge on any atom is 0.0738 e. The summed E-state index contributed by atoms with van der Waals surface area (Å²) in [6, 6.07) is 8.56. The first-order valence-electron chi connectivity index (χ1n) is 7.18. The maximum atomic E-state index is 4.59. The van der Waals surface area contributed by atoms with Gasteiger partial charge < -0.3 is 5.32 Å². The fraction of sp³-hybridized carbons (Fsp3) is 0.438. The summed E-state index contributed by atoms with van der Waals surface area (Å²) in [7, 11) is 2.00. The van der Waals surface area contributed by atoms with E-state index in [9.17, 15) is 0 Å². The number of likely N-dealkylation sites (N-methyl/N-ethyl adjacent to an activating group) is 1. The molecule has 0 fully saturated rings. The predicted molar refractivity (Wildman–Crippen MR) is 94.9 cm³/mol. The van der Waals surface area contributed by atoms with Crippen molar-refractivity contribution in [2.75, 3.05) is 13.6 Å². The Labute approximate surface area is 143 Å². The minimum atomic E-state index is 0.421. The highest BCUT2D eigenvalue weighted by Crippen LogP contribution is 2.28. The molecule has 1 heterocycles. The summed E-state index contributed by atoms with van der Waals surface area (Å²) in [6.45, 7) is 6.02. The number of nitrogens with zero attached hydrogens (tertiary/aromatic N) is 2. The van der Waals surface area contributed by atoms with Gasteiger partial charge in [-0.1, -0.05) is 28.1 Å². The summed E-state index contributed by atoms with van der Waals surface area (Å²) in [5, 5.41) is 7.90. The molecule has 0 aliphatic carbocycles. The molecular weight excluding hydrogens is 394 g/mol. The van der Waals surface area contributed by atoms with E-state index in [0.717, 1.165) is 34.1 Å².